The van der Waals surface area contributed by atoms with Gasteiger partial charge in [0.15, 0.2) is 0 Å². The zero-order valence-corrected chi connectivity index (χ0v) is 11.6. The van der Waals surface area contributed by atoms with Crippen LogP contribution in [0.25, 0.3) is 0 Å². The second-order valence-corrected chi connectivity index (χ2v) is 5.35. The van der Waals surface area contributed by atoms with E-state index in [2.05, 4.69) is 12.2 Å². The fraction of sp³-hybridized carbons (Fsp3) is 0.417. The summed E-state index contributed by atoms with van der Waals surface area (Å²) < 4.78 is 0. The van der Waals surface area contributed by atoms with E-state index in [0.717, 1.165) is 5.75 Å². The number of rotatable bonds is 5. The van der Waals surface area contributed by atoms with E-state index in [9.17, 15) is 4.79 Å². The molecule has 1 unspecified atom stereocenters. The quantitative estimate of drug-likeness (QED) is 0.811. The first kappa shape index (κ1) is 14.2. The molecule has 0 spiro atoms. The van der Waals surface area contributed by atoms with Crippen LogP contribution < -0.4 is 11.1 Å². The molecule has 3 N–H and O–H groups in total. The Labute approximate surface area is 111 Å². The fourth-order valence-electron chi connectivity index (χ4n) is 1.43. The van der Waals surface area contributed by atoms with E-state index >= 15 is 0 Å². The molecule has 0 fully saturated rings. The van der Waals surface area contributed by atoms with Crippen LogP contribution in [0.4, 0.5) is 5.69 Å². The maximum absolute atomic E-state index is 11.9. The van der Waals surface area contributed by atoms with Crippen molar-refractivity contribution >= 4 is 35.0 Å². The molecule has 17 heavy (non-hydrogen) atoms. The number of carbonyl (C=O) groups excluding carboxylic acids is 1. The number of benzene rings is 1. The van der Waals surface area contributed by atoms with Crippen LogP contribution in [0.15, 0.2) is 18.2 Å². The van der Waals surface area contributed by atoms with Crippen LogP contribution >= 0.6 is 23.4 Å². The van der Waals surface area contributed by atoms with Crippen LogP contribution in [0.3, 0.4) is 0 Å². The van der Waals surface area contributed by atoms with Gasteiger partial charge in [-0.15, -0.1) is 0 Å². The van der Waals surface area contributed by atoms with Crippen LogP contribution in [0, 0.1) is 5.92 Å². The molecular weight excluding hydrogens is 256 g/mol. The zero-order chi connectivity index (χ0) is 12.8. The molecular formula is C12H17ClN2OS. The van der Waals surface area contributed by atoms with Gasteiger partial charge in [0.25, 0.3) is 5.91 Å². The first-order valence-corrected chi connectivity index (χ1v) is 7.14. The van der Waals surface area contributed by atoms with Crippen molar-refractivity contribution in [2.45, 2.75) is 6.92 Å². The molecule has 0 saturated heterocycles. The van der Waals surface area contributed by atoms with Gasteiger partial charge < -0.3 is 11.1 Å². The smallest absolute Gasteiger partial charge is 0.253 e. The lowest BCUT2D eigenvalue weighted by Crippen LogP contribution is -2.29. The van der Waals surface area contributed by atoms with Crippen molar-refractivity contribution in [1.29, 1.82) is 0 Å². The topological polar surface area (TPSA) is 55.1 Å². The summed E-state index contributed by atoms with van der Waals surface area (Å²) in [6.07, 6.45) is 2.05. The van der Waals surface area contributed by atoms with E-state index in [1.807, 2.05) is 6.26 Å². The summed E-state index contributed by atoms with van der Waals surface area (Å²) in [6, 6.07) is 4.90. The van der Waals surface area contributed by atoms with Crippen molar-refractivity contribution in [3.05, 3.63) is 28.8 Å². The van der Waals surface area contributed by atoms with Gasteiger partial charge >= 0.3 is 0 Å². The number of hydrogen-bond donors (Lipinski definition) is 2. The third-order valence-corrected chi connectivity index (χ3v) is 3.46. The third kappa shape index (κ3) is 4.48. The predicted octanol–water partition coefficient (Wildman–Crippen LogP) is 2.65. The molecule has 0 aliphatic rings. The van der Waals surface area contributed by atoms with Crippen molar-refractivity contribution in [3.63, 3.8) is 0 Å². The monoisotopic (exact) mass is 272 g/mol. The maximum Gasteiger partial charge on any atom is 0.253 e. The van der Waals surface area contributed by atoms with Gasteiger partial charge in [-0.2, -0.15) is 11.8 Å². The number of nitrogens with two attached hydrogens (primary N) is 1. The average Bonchev–Trinajstić information content (AvgIpc) is 2.29. The summed E-state index contributed by atoms with van der Waals surface area (Å²) in [5.74, 6) is 1.29. The largest absolute Gasteiger partial charge is 0.398 e. The highest BCUT2D eigenvalue weighted by molar-refractivity contribution is 7.98. The van der Waals surface area contributed by atoms with Crippen molar-refractivity contribution in [3.8, 4) is 0 Å². The van der Waals surface area contributed by atoms with Gasteiger partial charge in [-0.05, 0) is 36.1 Å². The molecule has 1 aromatic rings. The third-order valence-electron chi connectivity index (χ3n) is 2.32. The number of halogens is 1. The van der Waals surface area contributed by atoms with Crippen LogP contribution in [0.1, 0.15) is 17.3 Å². The zero-order valence-electron chi connectivity index (χ0n) is 10.00. The van der Waals surface area contributed by atoms with Crippen LogP contribution in [0.2, 0.25) is 5.02 Å². The van der Waals surface area contributed by atoms with Crippen molar-refractivity contribution < 1.29 is 4.79 Å². The lowest BCUT2D eigenvalue weighted by atomic mass is 10.1. The van der Waals surface area contributed by atoms with Crippen LogP contribution in [0.5, 0.6) is 0 Å². The molecule has 0 aliphatic heterocycles. The molecule has 1 aromatic carbocycles. The standard InChI is InChI=1S/C12H17ClN2OS/c1-8(7-17-2)6-15-12(16)10-5-9(13)3-4-11(10)14/h3-5,8H,6-7,14H2,1-2H3,(H,15,16). The normalized spacial score (nSPS) is 12.2. The summed E-state index contributed by atoms with van der Waals surface area (Å²) in [5, 5.41) is 3.38. The molecule has 3 nitrogen and oxygen atoms in total. The van der Waals surface area contributed by atoms with Gasteiger partial charge in [0, 0.05) is 17.3 Å². The molecule has 0 aliphatic carbocycles. The summed E-state index contributed by atoms with van der Waals surface area (Å²) in [7, 11) is 0. The number of hydrogen-bond acceptors (Lipinski definition) is 3. The van der Waals surface area contributed by atoms with Crippen molar-refractivity contribution in [2.75, 3.05) is 24.3 Å². The number of anilines is 1. The molecule has 1 amide bonds. The Hall–Kier alpha value is -0.870. The van der Waals surface area contributed by atoms with E-state index in [-0.39, 0.29) is 5.91 Å². The fourth-order valence-corrected chi connectivity index (χ4v) is 2.29. The number of nitrogen functional groups attached to an aromatic ring is 1. The van der Waals surface area contributed by atoms with Crippen molar-refractivity contribution in [2.24, 2.45) is 5.92 Å². The molecule has 1 atom stereocenters. The van der Waals surface area contributed by atoms with E-state index < -0.39 is 0 Å². The van der Waals surface area contributed by atoms with Gasteiger partial charge in [0.2, 0.25) is 0 Å². The Morgan fingerprint density at radius 2 is 2.29 bits per heavy atom. The summed E-state index contributed by atoms with van der Waals surface area (Å²) in [6.45, 7) is 2.74. The first-order valence-electron chi connectivity index (χ1n) is 5.36. The van der Waals surface area contributed by atoms with E-state index in [1.165, 1.54) is 0 Å². The Balaban J connectivity index is 2.61. The molecule has 94 valence electrons. The number of nitrogens with one attached hydrogen (secondary N) is 1. The highest BCUT2D eigenvalue weighted by atomic mass is 35.5. The molecule has 0 radical (unpaired) electrons. The van der Waals surface area contributed by atoms with Gasteiger partial charge in [0.1, 0.15) is 0 Å². The SMILES string of the molecule is CSCC(C)CNC(=O)c1cc(Cl)ccc1N. The number of carbonyl (C=O) groups is 1. The minimum atomic E-state index is -0.169. The lowest BCUT2D eigenvalue weighted by Gasteiger charge is -2.12. The highest BCUT2D eigenvalue weighted by Crippen LogP contribution is 2.17. The van der Waals surface area contributed by atoms with Gasteiger partial charge in [-0.3, -0.25) is 4.79 Å². The second-order valence-electron chi connectivity index (χ2n) is 4.00. The van der Waals surface area contributed by atoms with Gasteiger partial charge in [-0.25, -0.2) is 0 Å². The molecule has 0 saturated carbocycles. The first-order chi connectivity index (χ1) is 8.04. The van der Waals surface area contributed by atoms with Crippen LogP contribution in [-0.4, -0.2) is 24.5 Å². The summed E-state index contributed by atoms with van der Waals surface area (Å²) in [5.41, 5.74) is 6.62. The van der Waals surface area contributed by atoms with E-state index in [0.29, 0.717) is 28.7 Å². The summed E-state index contributed by atoms with van der Waals surface area (Å²) >= 11 is 7.60. The molecule has 0 heterocycles. The molecule has 0 aromatic heterocycles. The Kier molecular flexibility index (Phi) is 5.65. The van der Waals surface area contributed by atoms with Gasteiger partial charge in [-0.1, -0.05) is 18.5 Å². The maximum atomic E-state index is 11.9. The van der Waals surface area contributed by atoms with Crippen molar-refractivity contribution in [1.82, 2.24) is 5.32 Å². The van der Waals surface area contributed by atoms with Crippen LogP contribution in [-0.2, 0) is 0 Å². The minimum absolute atomic E-state index is 0.169. The highest BCUT2D eigenvalue weighted by Gasteiger charge is 2.11. The number of amides is 1. The molecule has 1 rings (SSSR count). The Morgan fingerprint density at radius 3 is 2.94 bits per heavy atom. The summed E-state index contributed by atoms with van der Waals surface area (Å²) in [4.78, 5) is 11.9. The van der Waals surface area contributed by atoms with E-state index in [4.69, 9.17) is 17.3 Å². The lowest BCUT2D eigenvalue weighted by molar-refractivity contribution is 0.0950. The Bertz CT molecular complexity index is 398. The second kappa shape index (κ2) is 6.77. The number of thioether (sulfide) groups is 1. The predicted molar refractivity (Wildman–Crippen MR) is 75.7 cm³/mol. The van der Waals surface area contributed by atoms with Gasteiger partial charge in [0.05, 0.1) is 5.56 Å². The average molecular weight is 273 g/mol. The molecule has 0 bridgehead atoms. The minimum Gasteiger partial charge on any atom is -0.398 e. The Morgan fingerprint density at radius 1 is 1.59 bits per heavy atom. The molecule has 5 heteroatoms. The van der Waals surface area contributed by atoms with E-state index in [1.54, 1.807) is 30.0 Å².